The number of aromatic nitrogens is 3. The molecule has 118 valence electrons. The molecule has 0 bridgehead atoms. The van der Waals surface area contributed by atoms with E-state index in [0.717, 1.165) is 15.5 Å². The monoisotopic (exact) mass is 344 g/mol. The topological polar surface area (TPSA) is 59.8 Å². The van der Waals surface area contributed by atoms with Crippen LogP contribution in [0, 0.1) is 6.92 Å². The van der Waals surface area contributed by atoms with Gasteiger partial charge in [-0.2, -0.15) is 0 Å². The van der Waals surface area contributed by atoms with Gasteiger partial charge in [-0.25, -0.2) is 4.98 Å². The molecule has 0 fully saturated rings. The highest BCUT2D eigenvalue weighted by atomic mass is 32.2. The average Bonchev–Trinajstić information content (AvgIpc) is 3.14. The van der Waals surface area contributed by atoms with Crippen molar-refractivity contribution in [3.63, 3.8) is 0 Å². The minimum atomic E-state index is -0.153. The summed E-state index contributed by atoms with van der Waals surface area (Å²) >= 11 is 3.13. The number of anilines is 1. The van der Waals surface area contributed by atoms with Gasteiger partial charge in [0, 0.05) is 25.1 Å². The lowest BCUT2D eigenvalue weighted by atomic mass is 10.3. The first-order chi connectivity index (χ1) is 11.2. The third kappa shape index (κ3) is 3.62. The van der Waals surface area contributed by atoms with Gasteiger partial charge in [0.05, 0.1) is 9.90 Å². The second kappa shape index (κ2) is 6.97. The largest absolute Gasteiger partial charge is 0.339 e. The van der Waals surface area contributed by atoms with Crippen LogP contribution in [0.15, 0.2) is 47.1 Å². The van der Waals surface area contributed by atoms with Crippen LogP contribution in [-0.4, -0.2) is 26.7 Å². The van der Waals surface area contributed by atoms with Crippen LogP contribution in [0.4, 0.5) is 5.13 Å². The highest BCUT2D eigenvalue weighted by Gasteiger charge is 2.14. The molecule has 3 aromatic rings. The number of thioether (sulfide) groups is 1. The molecular weight excluding hydrogens is 328 g/mol. The first-order valence-electron chi connectivity index (χ1n) is 7.04. The maximum atomic E-state index is 12.5. The number of thiazole rings is 1. The Kier molecular flexibility index (Phi) is 4.78. The van der Waals surface area contributed by atoms with Crippen molar-refractivity contribution < 1.29 is 4.79 Å². The molecule has 1 N–H and O–H groups in total. The molecule has 0 saturated carbocycles. The number of nitrogens with one attached hydrogen (secondary N) is 1. The summed E-state index contributed by atoms with van der Waals surface area (Å²) in [5.74, 6) is -0.153. The van der Waals surface area contributed by atoms with Gasteiger partial charge in [0.2, 0.25) is 0 Å². The Balaban J connectivity index is 1.76. The Bertz CT molecular complexity index is 811. The zero-order valence-electron chi connectivity index (χ0n) is 12.8. The summed E-state index contributed by atoms with van der Waals surface area (Å²) in [4.78, 5) is 21.0. The fraction of sp³-hybridized carbons (Fsp3) is 0.188. The minimum absolute atomic E-state index is 0.153. The van der Waals surface area contributed by atoms with E-state index in [1.54, 1.807) is 24.2 Å². The van der Waals surface area contributed by atoms with E-state index in [2.05, 4.69) is 15.3 Å². The molecule has 0 radical (unpaired) electrons. The molecule has 0 spiro atoms. The number of carbonyl (C=O) groups excluding carboxylic acids is 1. The lowest BCUT2D eigenvalue weighted by Gasteiger charge is -2.08. The minimum Gasteiger partial charge on any atom is -0.339 e. The number of hydrogen-bond donors (Lipinski definition) is 1. The Morgan fingerprint density at radius 1 is 1.39 bits per heavy atom. The summed E-state index contributed by atoms with van der Waals surface area (Å²) in [6, 6.07) is 7.55. The van der Waals surface area contributed by atoms with Crippen LogP contribution < -0.4 is 5.32 Å². The summed E-state index contributed by atoms with van der Waals surface area (Å²) in [6.45, 7) is 2.56. The third-order valence-electron chi connectivity index (χ3n) is 3.30. The summed E-state index contributed by atoms with van der Waals surface area (Å²) < 4.78 is 3.02. The van der Waals surface area contributed by atoms with Crippen molar-refractivity contribution in [2.75, 3.05) is 11.6 Å². The normalized spacial score (nSPS) is 10.7. The molecule has 0 unspecified atom stereocenters. The molecule has 5 nitrogen and oxygen atoms in total. The van der Waals surface area contributed by atoms with Crippen LogP contribution in [0.25, 0.3) is 0 Å². The van der Waals surface area contributed by atoms with E-state index < -0.39 is 0 Å². The van der Waals surface area contributed by atoms with E-state index in [1.165, 1.54) is 11.3 Å². The lowest BCUT2D eigenvalue weighted by Crippen LogP contribution is -2.17. The molecule has 23 heavy (non-hydrogen) atoms. The molecule has 0 aliphatic carbocycles. The van der Waals surface area contributed by atoms with Gasteiger partial charge in [0.1, 0.15) is 5.69 Å². The summed E-state index contributed by atoms with van der Waals surface area (Å²) in [6.07, 6.45) is 7.44. The van der Waals surface area contributed by atoms with Crippen LogP contribution in [0.2, 0.25) is 0 Å². The quantitative estimate of drug-likeness (QED) is 0.718. The van der Waals surface area contributed by atoms with E-state index in [0.29, 0.717) is 17.4 Å². The molecule has 3 heterocycles. The summed E-state index contributed by atoms with van der Waals surface area (Å²) in [7, 11) is 0. The number of amides is 1. The van der Waals surface area contributed by atoms with Crippen molar-refractivity contribution in [2.24, 2.45) is 0 Å². The van der Waals surface area contributed by atoms with Crippen LogP contribution in [0.3, 0.4) is 0 Å². The van der Waals surface area contributed by atoms with Crippen LogP contribution in [0.5, 0.6) is 0 Å². The van der Waals surface area contributed by atoms with Gasteiger partial charge in [-0.1, -0.05) is 17.4 Å². The highest BCUT2D eigenvalue weighted by molar-refractivity contribution is 8.00. The first kappa shape index (κ1) is 15.8. The highest BCUT2D eigenvalue weighted by Crippen LogP contribution is 2.30. The number of rotatable bonds is 5. The second-order valence-electron chi connectivity index (χ2n) is 4.93. The van der Waals surface area contributed by atoms with Gasteiger partial charge in [-0.3, -0.25) is 15.1 Å². The fourth-order valence-corrected chi connectivity index (χ4v) is 3.84. The van der Waals surface area contributed by atoms with Gasteiger partial charge in [-0.05, 0) is 36.9 Å². The predicted molar refractivity (Wildman–Crippen MR) is 94.4 cm³/mol. The average molecular weight is 344 g/mol. The molecule has 0 aliphatic rings. The number of nitrogens with zero attached hydrogens (tertiary/aromatic N) is 3. The summed E-state index contributed by atoms with van der Waals surface area (Å²) in [5.41, 5.74) is 2.60. The van der Waals surface area contributed by atoms with E-state index in [4.69, 9.17) is 0 Å². The molecule has 3 rings (SSSR count). The molecule has 0 saturated heterocycles. The number of carbonyl (C=O) groups is 1. The number of aryl methyl sites for hydroxylation is 1. The Morgan fingerprint density at radius 3 is 2.96 bits per heavy atom. The van der Waals surface area contributed by atoms with Gasteiger partial charge in [-0.15, -0.1) is 11.8 Å². The Hall–Kier alpha value is -2.12. The van der Waals surface area contributed by atoms with Gasteiger partial charge in [0.15, 0.2) is 5.13 Å². The second-order valence-corrected chi connectivity index (χ2v) is 7.01. The Labute approximate surface area is 142 Å². The van der Waals surface area contributed by atoms with Crippen molar-refractivity contribution in [3.05, 3.63) is 59.8 Å². The Morgan fingerprint density at radius 2 is 2.26 bits per heavy atom. The SMILES string of the molecule is CSc1sc(NC(=O)c2cccn2Cc2cccnc2)nc1C. The van der Waals surface area contributed by atoms with E-state index >= 15 is 0 Å². The molecule has 3 aromatic heterocycles. The molecule has 0 aliphatic heterocycles. The van der Waals surface area contributed by atoms with Crippen molar-refractivity contribution >= 4 is 34.1 Å². The van der Waals surface area contributed by atoms with Gasteiger partial charge in [0.25, 0.3) is 5.91 Å². The molecule has 0 aromatic carbocycles. The molecular formula is C16H16N4OS2. The number of hydrogen-bond acceptors (Lipinski definition) is 5. The van der Waals surface area contributed by atoms with E-state index in [1.807, 2.05) is 48.2 Å². The molecule has 0 atom stereocenters. The van der Waals surface area contributed by atoms with Crippen LogP contribution >= 0.6 is 23.1 Å². The van der Waals surface area contributed by atoms with Crippen molar-refractivity contribution in [2.45, 2.75) is 17.7 Å². The number of pyridine rings is 1. The first-order valence-corrected chi connectivity index (χ1v) is 9.08. The predicted octanol–water partition coefficient (Wildman–Crippen LogP) is 3.67. The smallest absolute Gasteiger partial charge is 0.274 e. The maximum absolute atomic E-state index is 12.5. The zero-order valence-corrected chi connectivity index (χ0v) is 14.4. The van der Waals surface area contributed by atoms with Crippen LogP contribution in [-0.2, 0) is 6.54 Å². The van der Waals surface area contributed by atoms with Crippen molar-refractivity contribution in [3.8, 4) is 0 Å². The van der Waals surface area contributed by atoms with Gasteiger partial charge >= 0.3 is 0 Å². The molecule has 7 heteroatoms. The third-order valence-corrected chi connectivity index (χ3v) is 5.58. The van der Waals surface area contributed by atoms with Crippen molar-refractivity contribution in [1.29, 1.82) is 0 Å². The summed E-state index contributed by atoms with van der Waals surface area (Å²) in [5, 5.41) is 3.52. The van der Waals surface area contributed by atoms with Crippen LogP contribution in [0.1, 0.15) is 21.7 Å². The van der Waals surface area contributed by atoms with Gasteiger partial charge < -0.3 is 4.57 Å². The lowest BCUT2D eigenvalue weighted by molar-refractivity contribution is 0.101. The molecule has 1 amide bonds. The fourth-order valence-electron chi connectivity index (χ4n) is 2.23. The standard InChI is InChI=1S/C16H16N4OS2/c1-11-15(22-2)23-16(18-11)19-14(21)13-6-4-8-20(13)10-12-5-3-7-17-9-12/h3-9H,10H2,1-2H3,(H,18,19,21). The maximum Gasteiger partial charge on any atom is 0.274 e. The van der Waals surface area contributed by atoms with Crippen molar-refractivity contribution in [1.82, 2.24) is 14.5 Å². The zero-order chi connectivity index (χ0) is 16.2. The van der Waals surface area contributed by atoms with E-state index in [9.17, 15) is 4.79 Å². The van der Waals surface area contributed by atoms with E-state index in [-0.39, 0.29) is 5.91 Å².